The first kappa shape index (κ1) is 21.3. The first-order chi connectivity index (χ1) is 13.7. The van der Waals surface area contributed by atoms with Crippen LogP contribution in [0.1, 0.15) is 22.6 Å². The van der Waals surface area contributed by atoms with E-state index in [0.717, 1.165) is 16.7 Å². The summed E-state index contributed by atoms with van der Waals surface area (Å²) in [4.78, 5) is 0.203. The third kappa shape index (κ3) is 4.76. The van der Waals surface area contributed by atoms with Gasteiger partial charge in [-0.25, -0.2) is 13.1 Å². The Morgan fingerprint density at radius 1 is 1.10 bits per heavy atom. The van der Waals surface area contributed by atoms with Crippen molar-refractivity contribution in [2.75, 3.05) is 6.54 Å². The van der Waals surface area contributed by atoms with Crippen molar-refractivity contribution in [3.63, 3.8) is 0 Å². The summed E-state index contributed by atoms with van der Waals surface area (Å²) in [6, 6.07) is 12.0. The smallest absolute Gasteiger partial charge is 0.423 e. The minimum absolute atomic E-state index is 0.183. The first-order valence-electron chi connectivity index (χ1n) is 9.17. The zero-order chi connectivity index (χ0) is 21.2. The fourth-order valence-corrected chi connectivity index (χ4v) is 4.56. The highest BCUT2D eigenvalue weighted by Crippen LogP contribution is 2.30. The van der Waals surface area contributed by atoms with Crippen molar-refractivity contribution in [1.82, 2.24) is 9.88 Å². The quantitative estimate of drug-likeness (QED) is 0.505. The van der Waals surface area contributed by atoms with Crippen LogP contribution in [-0.4, -0.2) is 37.3 Å². The summed E-state index contributed by atoms with van der Waals surface area (Å²) in [5.41, 5.74) is 4.04. The molecule has 0 bridgehead atoms. The average molecular weight is 414 g/mol. The third-order valence-corrected chi connectivity index (χ3v) is 6.36. The van der Waals surface area contributed by atoms with Crippen LogP contribution < -0.4 is 10.2 Å². The number of sulfonamides is 1. The van der Waals surface area contributed by atoms with Crippen molar-refractivity contribution in [3.8, 4) is 11.1 Å². The van der Waals surface area contributed by atoms with Crippen LogP contribution in [0.25, 0.3) is 11.1 Å². The predicted octanol–water partition coefficient (Wildman–Crippen LogP) is 1.47. The highest BCUT2D eigenvalue weighted by atomic mass is 32.2. The molecule has 0 aliphatic carbocycles. The summed E-state index contributed by atoms with van der Waals surface area (Å²) in [5, 5.41) is 22.5. The molecule has 7 nitrogen and oxygen atoms in total. The van der Waals surface area contributed by atoms with Gasteiger partial charge in [0.15, 0.2) is 0 Å². The van der Waals surface area contributed by atoms with E-state index in [2.05, 4.69) is 9.88 Å². The second-order valence-corrected chi connectivity index (χ2v) is 8.68. The van der Waals surface area contributed by atoms with Gasteiger partial charge >= 0.3 is 7.12 Å². The third-order valence-electron chi connectivity index (χ3n) is 4.75. The van der Waals surface area contributed by atoms with E-state index in [9.17, 15) is 18.5 Å². The van der Waals surface area contributed by atoms with Crippen molar-refractivity contribution < 1.29 is 23.0 Å². The molecule has 0 fully saturated rings. The van der Waals surface area contributed by atoms with Crippen LogP contribution in [0.4, 0.5) is 0 Å². The van der Waals surface area contributed by atoms with Gasteiger partial charge in [-0.15, -0.1) is 0 Å². The Balaban J connectivity index is 1.79. The molecule has 3 N–H and O–H groups in total. The van der Waals surface area contributed by atoms with Gasteiger partial charge in [-0.05, 0) is 55.4 Å². The number of benzene rings is 2. The first-order valence-corrected chi connectivity index (χ1v) is 10.7. The molecule has 0 atom stereocenters. The molecule has 2 aromatic carbocycles. The van der Waals surface area contributed by atoms with Crippen molar-refractivity contribution >= 4 is 22.6 Å². The molecular weight excluding hydrogens is 391 g/mol. The van der Waals surface area contributed by atoms with E-state index in [1.807, 2.05) is 19.1 Å². The van der Waals surface area contributed by atoms with E-state index >= 15 is 0 Å². The van der Waals surface area contributed by atoms with E-state index in [1.165, 1.54) is 0 Å². The van der Waals surface area contributed by atoms with E-state index < -0.39 is 17.1 Å². The molecule has 152 valence electrons. The molecule has 3 rings (SSSR count). The van der Waals surface area contributed by atoms with E-state index in [0.29, 0.717) is 28.9 Å². The van der Waals surface area contributed by atoms with E-state index in [-0.39, 0.29) is 11.4 Å². The summed E-state index contributed by atoms with van der Waals surface area (Å²) < 4.78 is 33.6. The molecule has 1 heterocycles. The SMILES string of the molecule is Cc1ccc(-c2c(C)noc2C)cc1S(=O)(=O)NCCc1cccc(B(O)O)c1. The number of hydrogen-bond acceptors (Lipinski definition) is 6. The van der Waals surface area contributed by atoms with Crippen molar-refractivity contribution in [1.29, 1.82) is 0 Å². The molecule has 29 heavy (non-hydrogen) atoms. The Bertz CT molecular complexity index is 1110. The van der Waals surface area contributed by atoms with Crippen LogP contribution in [0, 0.1) is 20.8 Å². The summed E-state index contributed by atoms with van der Waals surface area (Å²) in [7, 11) is -5.28. The molecule has 0 aliphatic rings. The lowest BCUT2D eigenvalue weighted by atomic mass is 9.79. The van der Waals surface area contributed by atoms with E-state index in [1.54, 1.807) is 44.2 Å². The maximum atomic E-state index is 12.9. The Kier molecular flexibility index (Phi) is 6.23. The minimum Gasteiger partial charge on any atom is -0.423 e. The van der Waals surface area contributed by atoms with E-state index in [4.69, 9.17) is 4.52 Å². The van der Waals surface area contributed by atoms with Crippen molar-refractivity contribution in [2.24, 2.45) is 0 Å². The summed E-state index contributed by atoms with van der Waals surface area (Å²) in [6.45, 7) is 5.54. The van der Waals surface area contributed by atoms with Crippen LogP contribution in [0.3, 0.4) is 0 Å². The normalized spacial score (nSPS) is 11.6. The maximum Gasteiger partial charge on any atom is 0.488 e. The van der Waals surface area contributed by atoms with Crippen LogP contribution >= 0.6 is 0 Å². The van der Waals surface area contributed by atoms with Crippen LogP contribution in [0.2, 0.25) is 0 Å². The molecule has 0 spiro atoms. The number of aryl methyl sites for hydroxylation is 3. The average Bonchev–Trinajstić information content (AvgIpc) is 3.00. The van der Waals surface area contributed by atoms with Gasteiger partial charge in [0.25, 0.3) is 0 Å². The second kappa shape index (κ2) is 8.50. The number of nitrogens with zero attached hydrogens (tertiary/aromatic N) is 1. The Labute approximate surface area is 170 Å². The maximum absolute atomic E-state index is 12.9. The fraction of sp³-hybridized carbons (Fsp3) is 0.250. The number of nitrogens with one attached hydrogen (secondary N) is 1. The van der Waals surface area contributed by atoms with Crippen molar-refractivity contribution in [3.05, 3.63) is 65.0 Å². The highest BCUT2D eigenvalue weighted by molar-refractivity contribution is 7.89. The Morgan fingerprint density at radius 2 is 1.86 bits per heavy atom. The van der Waals surface area contributed by atoms with Gasteiger partial charge in [-0.1, -0.05) is 41.6 Å². The lowest BCUT2D eigenvalue weighted by Gasteiger charge is -2.12. The number of aromatic nitrogens is 1. The Hall–Kier alpha value is -2.46. The number of rotatable bonds is 7. The summed E-state index contributed by atoms with van der Waals surface area (Å²) >= 11 is 0. The lowest BCUT2D eigenvalue weighted by Crippen LogP contribution is -2.30. The lowest BCUT2D eigenvalue weighted by molar-refractivity contribution is 0.393. The standard InChI is InChI=1S/C20H23BN2O5S/c1-13-7-8-17(20-14(2)23-28-15(20)3)12-19(13)29(26,27)22-10-9-16-5-4-6-18(11-16)21(24)25/h4-8,11-12,22,24-25H,9-10H2,1-3H3. The molecule has 0 amide bonds. The second-order valence-electron chi connectivity index (χ2n) is 6.95. The largest absolute Gasteiger partial charge is 0.488 e. The van der Waals surface area contributed by atoms with Crippen LogP contribution in [0.5, 0.6) is 0 Å². The summed E-state index contributed by atoms with van der Waals surface area (Å²) in [6.07, 6.45) is 0.419. The molecule has 0 saturated carbocycles. The van der Waals surface area contributed by atoms with Gasteiger partial charge in [0.05, 0.1) is 10.6 Å². The van der Waals surface area contributed by atoms with Gasteiger partial charge in [-0.3, -0.25) is 0 Å². The van der Waals surface area contributed by atoms with Gasteiger partial charge in [0, 0.05) is 12.1 Å². The van der Waals surface area contributed by atoms with Crippen LogP contribution in [0.15, 0.2) is 51.9 Å². The summed E-state index contributed by atoms with van der Waals surface area (Å²) in [5.74, 6) is 0.633. The van der Waals surface area contributed by atoms with Crippen molar-refractivity contribution in [2.45, 2.75) is 32.1 Å². The van der Waals surface area contributed by atoms with Gasteiger partial charge < -0.3 is 14.6 Å². The molecule has 9 heteroatoms. The molecule has 3 aromatic rings. The minimum atomic E-state index is -3.73. The molecule has 0 unspecified atom stereocenters. The van der Waals surface area contributed by atoms with Gasteiger partial charge in [0.2, 0.25) is 10.0 Å². The van der Waals surface area contributed by atoms with Crippen LogP contribution in [-0.2, 0) is 16.4 Å². The molecule has 0 radical (unpaired) electrons. The highest BCUT2D eigenvalue weighted by Gasteiger charge is 2.20. The molecular formula is C20H23BN2O5S. The fourth-order valence-electron chi connectivity index (χ4n) is 3.26. The monoisotopic (exact) mass is 414 g/mol. The molecule has 0 aliphatic heterocycles. The Morgan fingerprint density at radius 3 is 2.52 bits per heavy atom. The molecule has 0 saturated heterocycles. The molecule has 1 aromatic heterocycles. The van der Waals surface area contributed by atoms with Gasteiger partial charge in [-0.2, -0.15) is 0 Å². The predicted molar refractivity (Wildman–Crippen MR) is 111 cm³/mol. The zero-order valence-electron chi connectivity index (χ0n) is 16.5. The van der Waals surface area contributed by atoms with Gasteiger partial charge in [0.1, 0.15) is 5.76 Å². The topological polar surface area (TPSA) is 113 Å². The number of hydrogen-bond donors (Lipinski definition) is 3. The zero-order valence-corrected chi connectivity index (χ0v) is 17.3.